The lowest BCUT2D eigenvalue weighted by Gasteiger charge is -2.05. The van der Waals surface area contributed by atoms with E-state index in [-0.39, 0.29) is 22.8 Å². The molecule has 17 heavy (non-hydrogen) atoms. The van der Waals surface area contributed by atoms with Crippen LogP contribution in [0.15, 0.2) is 23.1 Å². The van der Waals surface area contributed by atoms with Crippen molar-refractivity contribution < 1.29 is 13.3 Å². The molecule has 1 rings (SSSR count). The third-order valence-corrected chi connectivity index (χ3v) is 3.09. The second-order valence-electron chi connectivity index (χ2n) is 3.27. The maximum Gasteiger partial charge on any atom is 0.293 e. The number of rotatable bonds is 4. The molecule has 7 heteroatoms. The standard InChI is InChI=1S/C10H10N2O4S/c1-3-6-11-9-5-4-8(17(2,15)16)7-10(9)12(13)14/h1,4-5,7,11H,6H2,2H3. The first kappa shape index (κ1) is 13.0. The van der Waals surface area contributed by atoms with Crippen molar-refractivity contribution in [3.05, 3.63) is 28.3 Å². The summed E-state index contributed by atoms with van der Waals surface area (Å²) in [5.41, 5.74) is -0.122. The summed E-state index contributed by atoms with van der Waals surface area (Å²) < 4.78 is 22.5. The van der Waals surface area contributed by atoms with Gasteiger partial charge in [-0.2, -0.15) is 0 Å². The molecule has 0 bridgehead atoms. The van der Waals surface area contributed by atoms with Crippen LogP contribution in [-0.2, 0) is 9.84 Å². The predicted molar refractivity (Wildman–Crippen MR) is 63.5 cm³/mol. The van der Waals surface area contributed by atoms with E-state index in [0.717, 1.165) is 12.3 Å². The van der Waals surface area contributed by atoms with Crippen molar-refractivity contribution in [1.29, 1.82) is 0 Å². The number of anilines is 1. The highest BCUT2D eigenvalue weighted by Crippen LogP contribution is 2.27. The normalized spacial score (nSPS) is 10.6. The third kappa shape index (κ3) is 3.19. The van der Waals surface area contributed by atoms with Crippen LogP contribution >= 0.6 is 0 Å². The molecular weight excluding hydrogens is 244 g/mol. The van der Waals surface area contributed by atoms with Crippen LogP contribution in [0.2, 0.25) is 0 Å². The van der Waals surface area contributed by atoms with E-state index in [2.05, 4.69) is 11.2 Å². The number of nitrogens with zero attached hydrogens (tertiary/aromatic N) is 1. The molecule has 0 fully saturated rings. The number of nitro benzene ring substituents is 1. The van der Waals surface area contributed by atoms with Crippen LogP contribution in [0, 0.1) is 22.5 Å². The molecule has 0 aliphatic heterocycles. The quantitative estimate of drug-likeness (QED) is 0.492. The highest BCUT2D eigenvalue weighted by atomic mass is 32.2. The van der Waals surface area contributed by atoms with Crippen molar-refractivity contribution >= 4 is 21.2 Å². The smallest absolute Gasteiger partial charge is 0.293 e. The lowest BCUT2D eigenvalue weighted by atomic mass is 10.2. The van der Waals surface area contributed by atoms with E-state index in [4.69, 9.17) is 6.42 Å². The number of benzene rings is 1. The minimum absolute atomic E-state index is 0.101. The Hall–Kier alpha value is -2.07. The van der Waals surface area contributed by atoms with Gasteiger partial charge in [-0.05, 0) is 12.1 Å². The van der Waals surface area contributed by atoms with Gasteiger partial charge in [-0.1, -0.05) is 5.92 Å². The average molecular weight is 254 g/mol. The largest absolute Gasteiger partial charge is 0.369 e. The van der Waals surface area contributed by atoms with Crippen molar-refractivity contribution in [1.82, 2.24) is 0 Å². The lowest BCUT2D eigenvalue weighted by Crippen LogP contribution is -2.04. The Kier molecular flexibility index (Phi) is 3.70. The molecule has 6 nitrogen and oxygen atoms in total. The van der Waals surface area contributed by atoms with Crippen molar-refractivity contribution in [3.8, 4) is 12.3 Å². The summed E-state index contributed by atoms with van der Waals surface area (Å²) in [5.74, 6) is 2.28. The highest BCUT2D eigenvalue weighted by molar-refractivity contribution is 7.90. The fourth-order valence-electron chi connectivity index (χ4n) is 1.19. The van der Waals surface area contributed by atoms with Crippen LogP contribution < -0.4 is 5.32 Å². The summed E-state index contributed by atoms with van der Waals surface area (Å²) in [6, 6.07) is 3.63. The maximum absolute atomic E-state index is 11.3. The van der Waals surface area contributed by atoms with Crippen molar-refractivity contribution in [2.75, 3.05) is 18.1 Å². The Morgan fingerprint density at radius 1 is 1.53 bits per heavy atom. The van der Waals surface area contributed by atoms with Gasteiger partial charge in [0.25, 0.3) is 5.69 Å². The number of hydrogen-bond acceptors (Lipinski definition) is 5. The summed E-state index contributed by atoms with van der Waals surface area (Å²) in [6.07, 6.45) is 6.01. The molecule has 0 heterocycles. The Bertz CT molecular complexity index is 587. The first-order chi connectivity index (χ1) is 7.86. The molecule has 0 aliphatic carbocycles. The molecule has 0 spiro atoms. The first-order valence-electron chi connectivity index (χ1n) is 4.52. The summed E-state index contributed by atoms with van der Waals surface area (Å²) in [7, 11) is -3.47. The van der Waals surface area contributed by atoms with E-state index in [1.807, 2.05) is 0 Å². The van der Waals surface area contributed by atoms with E-state index in [1.165, 1.54) is 12.1 Å². The molecule has 0 amide bonds. The average Bonchev–Trinajstić information content (AvgIpc) is 2.24. The Balaban J connectivity index is 3.28. The summed E-state index contributed by atoms with van der Waals surface area (Å²) in [5, 5.41) is 13.4. The molecule has 0 unspecified atom stereocenters. The van der Waals surface area contributed by atoms with Crippen LogP contribution in [0.3, 0.4) is 0 Å². The van der Waals surface area contributed by atoms with Gasteiger partial charge in [0.15, 0.2) is 9.84 Å². The fraction of sp³-hybridized carbons (Fsp3) is 0.200. The van der Waals surface area contributed by atoms with Gasteiger partial charge in [-0.3, -0.25) is 10.1 Å². The van der Waals surface area contributed by atoms with Gasteiger partial charge in [-0.25, -0.2) is 8.42 Å². The van der Waals surface area contributed by atoms with Crippen LogP contribution in [-0.4, -0.2) is 26.1 Å². The van der Waals surface area contributed by atoms with Gasteiger partial charge >= 0.3 is 0 Å². The van der Waals surface area contributed by atoms with Crippen LogP contribution in [0.25, 0.3) is 0 Å². The highest BCUT2D eigenvalue weighted by Gasteiger charge is 2.18. The second-order valence-corrected chi connectivity index (χ2v) is 5.28. The van der Waals surface area contributed by atoms with E-state index in [1.54, 1.807) is 0 Å². The van der Waals surface area contributed by atoms with E-state index >= 15 is 0 Å². The zero-order chi connectivity index (χ0) is 13.1. The maximum atomic E-state index is 11.3. The zero-order valence-corrected chi connectivity index (χ0v) is 9.82. The Morgan fingerprint density at radius 2 is 2.18 bits per heavy atom. The molecule has 1 aromatic carbocycles. The molecule has 0 saturated carbocycles. The molecule has 0 saturated heterocycles. The van der Waals surface area contributed by atoms with E-state index < -0.39 is 14.8 Å². The van der Waals surface area contributed by atoms with Crippen LogP contribution in [0.4, 0.5) is 11.4 Å². The number of nitro groups is 1. The monoisotopic (exact) mass is 254 g/mol. The number of terminal acetylenes is 1. The van der Waals surface area contributed by atoms with Crippen molar-refractivity contribution in [2.45, 2.75) is 4.90 Å². The predicted octanol–water partition coefficient (Wildman–Crippen LogP) is 1.04. The first-order valence-corrected chi connectivity index (χ1v) is 6.41. The van der Waals surface area contributed by atoms with Gasteiger partial charge in [0, 0.05) is 12.3 Å². The molecule has 0 atom stereocenters. The molecule has 1 aromatic rings. The minimum atomic E-state index is -3.47. The molecule has 90 valence electrons. The number of hydrogen-bond donors (Lipinski definition) is 1. The Labute approximate surface area is 98.7 Å². The topological polar surface area (TPSA) is 89.3 Å². The minimum Gasteiger partial charge on any atom is -0.369 e. The molecule has 0 radical (unpaired) electrons. The SMILES string of the molecule is C#CCNc1ccc(S(C)(=O)=O)cc1[N+](=O)[O-]. The van der Waals surface area contributed by atoms with Crippen LogP contribution in [0.1, 0.15) is 0 Å². The van der Waals surface area contributed by atoms with Gasteiger partial charge in [-0.15, -0.1) is 6.42 Å². The summed E-state index contributed by atoms with van der Waals surface area (Å²) in [6.45, 7) is 0.124. The van der Waals surface area contributed by atoms with E-state index in [9.17, 15) is 18.5 Å². The molecular formula is C10H10N2O4S. The Morgan fingerprint density at radius 3 is 2.65 bits per heavy atom. The van der Waals surface area contributed by atoms with Gasteiger partial charge in [0.2, 0.25) is 0 Å². The lowest BCUT2D eigenvalue weighted by molar-refractivity contribution is -0.384. The van der Waals surface area contributed by atoms with Gasteiger partial charge in [0.1, 0.15) is 5.69 Å². The van der Waals surface area contributed by atoms with Crippen molar-refractivity contribution in [2.24, 2.45) is 0 Å². The third-order valence-electron chi connectivity index (χ3n) is 1.97. The fourth-order valence-corrected chi connectivity index (χ4v) is 1.83. The van der Waals surface area contributed by atoms with Gasteiger partial charge in [0.05, 0.1) is 16.4 Å². The van der Waals surface area contributed by atoms with Crippen LogP contribution in [0.5, 0.6) is 0 Å². The second kappa shape index (κ2) is 4.84. The van der Waals surface area contributed by atoms with E-state index in [0.29, 0.717) is 0 Å². The number of sulfone groups is 1. The molecule has 1 N–H and O–H groups in total. The van der Waals surface area contributed by atoms with Crippen molar-refractivity contribution in [3.63, 3.8) is 0 Å². The molecule has 0 aromatic heterocycles. The summed E-state index contributed by atoms with van der Waals surface area (Å²) in [4.78, 5) is 10.0. The number of nitrogens with one attached hydrogen (secondary N) is 1. The summed E-state index contributed by atoms with van der Waals surface area (Å²) >= 11 is 0. The van der Waals surface area contributed by atoms with Gasteiger partial charge < -0.3 is 5.32 Å². The molecule has 0 aliphatic rings. The zero-order valence-electron chi connectivity index (χ0n) is 9.00.